The van der Waals surface area contributed by atoms with Crippen LogP contribution in [0.2, 0.25) is 0 Å². The Labute approximate surface area is 137 Å². The molecule has 0 bridgehead atoms. The fourth-order valence-corrected chi connectivity index (χ4v) is 2.57. The van der Waals surface area contributed by atoms with Gasteiger partial charge in [-0.1, -0.05) is 24.3 Å². The van der Waals surface area contributed by atoms with Crippen LogP contribution in [0.1, 0.15) is 16.4 Å². The fourth-order valence-electron chi connectivity index (χ4n) is 2.57. The minimum Gasteiger partial charge on any atom is -0.342 e. The topological polar surface area (TPSA) is 85.6 Å². The summed E-state index contributed by atoms with van der Waals surface area (Å²) in [7, 11) is 1.92. The first kappa shape index (κ1) is 14.3. The third-order valence-corrected chi connectivity index (χ3v) is 3.85. The molecular formula is C17H14N6O. The van der Waals surface area contributed by atoms with Crippen LogP contribution >= 0.6 is 0 Å². The van der Waals surface area contributed by atoms with Gasteiger partial charge >= 0.3 is 0 Å². The van der Waals surface area contributed by atoms with Crippen LogP contribution in [0, 0.1) is 0 Å². The molecule has 2 aromatic heterocycles. The van der Waals surface area contributed by atoms with E-state index in [1.807, 2.05) is 48.0 Å². The first-order valence-corrected chi connectivity index (χ1v) is 7.50. The van der Waals surface area contributed by atoms with Gasteiger partial charge in [0.15, 0.2) is 0 Å². The third-order valence-electron chi connectivity index (χ3n) is 3.85. The van der Waals surface area contributed by atoms with Crippen molar-refractivity contribution in [1.29, 1.82) is 0 Å². The predicted octanol–water partition coefficient (Wildman–Crippen LogP) is 1.84. The summed E-state index contributed by atoms with van der Waals surface area (Å²) >= 11 is 0. The van der Waals surface area contributed by atoms with Crippen molar-refractivity contribution in [2.24, 2.45) is 7.05 Å². The second-order valence-electron chi connectivity index (χ2n) is 5.38. The summed E-state index contributed by atoms with van der Waals surface area (Å²) in [6.45, 7) is 0.292. The van der Waals surface area contributed by atoms with E-state index in [2.05, 4.69) is 25.5 Å². The summed E-state index contributed by atoms with van der Waals surface area (Å²) in [5, 5.41) is 10.7. The SMILES string of the molecule is Cn1c(CNC(=O)c2nnc3ccccc3n2)nc2ccccc21. The molecule has 118 valence electrons. The van der Waals surface area contributed by atoms with Crippen molar-refractivity contribution in [1.82, 2.24) is 30.0 Å². The zero-order chi connectivity index (χ0) is 16.5. The van der Waals surface area contributed by atoms with Gasteiger partial charge < -0.3 is 9.88 Å². The minimum atomic E-state index is -0.375. The summed E-state index contributed by atoms with van der Waals surface area (Å²) in [4.78, 5) is 21.0. The van der Waals surface area contributed by atoms with E-state index in [9.17, 15) is 4.79 Å². The molecule has 0 saturated heterocycles. The van der Waals surface area contributed by atoms with Crippen LogP contribution < -0.4 is 5.32 Å². The smallest absolute Gasteiger partial charge is 0.291 e. The van der Waals surface area contributed by atoms with E-state index in [1.165, 1.54) is 0 Å². The maximum absolute atomic E-state index is 12.3. The summed E-state index contributed by atoms with van der Waals surface area (Å²) in [5.41, 5.74) is 3.21. The monoisotopic (exact) mass is 318 g/mol. The Morgan fingerprint density at radius 2 is 1.67 bits per heavy atom. The van der Waals surface area contributed by atoms with Gasteiger partial charge in [0.25, 0.3) is 5.91 Å². The normalized spacial score (nSPS) is 11.0. The van der Waals surface area contributed by atoms with Gasteiger partial charge in [0, 0.05) is 7.05 Å². The largest absolute Gasteiger partial charge is 0.342 e. The van der Waals surface area contributed by atoms with Crippen LogP contribution in [-0.2, 0) is 13.6 Å². The molecule has 0 fully saturated rings. The van der Waals surface area contributed by atoms with Crippen LogP contribution in [-0.4, -0.2) is 30.6 Å². The second-order valence-corrected chi connectivity index (χ2v) is 5.38. The van der Waals surface area contributed by atoms with Crippen molar-refractivity contribution >= 4 is 28.0 Å². The molecule has 4 aromatic rings. The lowest BCUT2D eigenvalue weighted by Crippen LogP contribution is -2.26. The molecule has 0 aliphatic heterocycles. The molecule has 7 nitrogen and oxygen atoms in total. The van der Waals surface area contributed by atoms with Gasteiger partial charge in [0.05, 0.1) is 23.1 Å². The van der Waals surface area contributed by atoms with Crippen molar-refractivity contribution in [2.45, 2.75) is 6.54 Å². The van der Waals surface area contributed by atoms with Crippen LogP contribution in [0.25, 0.3) is 22.1 Å². The Morgan fingerprint density at radius 1 is 0.958 bits per heavy atom. The maximum Gasteiger partial charge on any atom is 0.291 e. The molecule has 4 rings (SSSR count). The first-order valence-electron chi connectivity index (χ1n) is 7.50. The standard InChI is InChI=1S/C17H14N6O/c1-23-14-9-5-4-8-13(14)19-15(23)10-18-17(24)16-20-11-6-2-3-7-12(11)21-22-16/h2-9H,10H2,1H3,(H,18,24). The highest BCUT2D eigenvalue weighted by Crippen LogP contribution is 2.14. The van der Waals surface area contributed by atoms with Gasteiger partial charge in [-0.25, -0.2) is 9.97 Å². The second kappa shape index (κ2) is 5.69. The molecule has 2 aromatic carbocycles. The number of nitrogens with zero attached hydrogens (tertiary/aromatic N) is 5. The number of fused-ring (bicyclic) bond motifs is 2. The Morgan fingerprint density at radius 3 is 2.46 bits per heavy atom. The van der Waals surface area contributed by atoms with E-state index in [4.69, 9.17) is 0 Å². The number of para-hydroxylation sites is 3. The number of aromatic nitrogens is 5. The fraction of sp³-hybridized carbons (Fsp3) is 0.118. The number of benzene rings is 2. The molecule has 1 amide bonds. The van der Waals surface area contributed by atoms with E-state index in [0.29, 0.717) is 17.6 Å². The van der Waals surface area contributed by atoms with Gasteiger partial charge in [-0.15, -0.1) is 10.2 Å². The van der Waals surface area contributed by atoms with E-state index in [1.54, 1.807) is 12.1 Å². The number of imidazole rings is 1. The van der Waals surface area contributed by atoms with Gasteiger partial charge in [0.1, 0.15) is 11.3 Å². The van der Waals surface area contributed by atoms with Gasteiger partial charge in [-0.3, -0.25) is 4.79 Å². The molecule has 0 aliphatic rings. The number of hydrogen-bond acceptors (Lipinski definition) is 5. The van der Waals surface area contributed by atoms with Crippen molar-refractivity contribution < 1.29 is 4.79 Å². The molecule has 0 saturated carbocycles. The Kier molecular flexibility index (Phi) is 3.38. The average Bonchev–Trinajstić information content (AvgIpc) is 2.95. The molecule has 0 unspecified atom stereocenters. The minimum absolute atomic E-state index is 0.0486. The van der Waals surface area contributed by atoms with Gasteiger partial charge in [-0.2, -0.15) is 0 Å². The molecule has 0 aliphatic carbocycles. The Bertz CT molecular complexity index is 1060. The van der Waals surface area contributed by atoms with Crippen molar-refractivity contribution in [3.63, 3.8) is 0 Å². The number of rotatable bonds is 3. The summed E-state index contributed by atoms with van der Waals surface area (Å²) in [5.74, 6) is 0.436. The lowest BCUT2D eigenvalue weighted by atomic mass is 10.3. The predicted molar refractivity (Wildman–Crippen MR) is 89.2 cm³/mol. The van der Waals surface area contributed by atoms with Crippen molar-refractivity contribution in [3.05, 3.63) is 60.2 Å². The van der Waals surface area contributed by atoms with E-state index >= 15 is 0 Å². The Balaban J connectivity index is 1.55. The number of carbonyl (C=O) groups excluding carboxylic acids is 1. The lowest BCUT2D eigenvalue weighted by molar-refractivity contribution is 0.0938. The van der Waals surface area contributed by atoms with E-state index < -0.39 is 0 Å². The van der Waals surface area contributed by atoms with E-state index in [0.717, 1.165) is 16.9 Å². The highest BCUT2D eigenvalue weighted by Gasteiger charge is 2.13. The number of hydrogen-bond donors (Lipinski definition) is 1. The molecule has 2 heterocycles. The molecule has 7 heteroatoms. The number of nitrogens with one attached hydrogen (secondary N) is 1. The van der Waals surface area contributed by atoms with Crippen LogP contribution in [0.15, 0.2) is 48.5 Å². The third kappa shape index (κ3) is 2.45. The summed E-state index contributed by atoms with van der Waals surface area (Å²) in [6.07, 6.45) is 0. The highest BCUT2D eigenvalue weighted by molar-refractivity contribution is 5.91. The van der Waals surface area contributed by atoms with Crippen molar-refractivity contribution in [3.8, 4) is 0 Å². The zero-order valence-electron chi connectivity index (χ0n) is 13.0. The van der Waals surface area contributed by atoms with Crippen LogP contribution in [0.4, 0.5) is 0 Å². The quantitative estimate of drug-likeness (QED) is 0.623. The summed E-state index contributed by atoms with van der Waals surface area (Å²) in [6, 6.07) is 15.1. The van der Waals surface area contributed by atoms with Crippen LogP contribution in [0.3, 0.4) is 0 Å². The number of aryl methyl sites for hydroxylation is 1. The lowest BCUT2D eigenvalue weighted by Gasteiger charge is -2.05. The molecule has 0 spiro atoms. The molecule has 24 heavy (non-hydrogen) atoms. The van der Waals surface area contributed by atoms with Gasteiger partial charge in [0.2, 0.25) is 5.82 Å². The highest BCUT2D eigenvalue weighted by atomic mass is 16.2. The zero-order valence-corrected chi connectivity index (χ0v) is 13.0. The molecule has 0 radical (unpaired) electrons. The average molecular weight is 318 g/mol. The Hall–Kier alpha value is -3.35. The summed E-state index contributed by atoms with van der Waals surface area (Å²) < 4.78 is 1.95. The van der Waals surface area contributed by atoms with Crippen LogP contribution in [0.5, 0.6) is 0 Å². The molecule has 0 atom stereocenters. The van der Waals surface area contributed by atoms with Gasteiger partial charge in [-0.05, 0) is 24.3 Å². The number of carbonyl (C=O) groups is 1. The van der Waals surface area contributed by atoms with E-state index in [-0.39, 0.29) is 11.7 Å². The number of amides is 1. The first-order chi connectivity index (χ1) is 11.7. The molecular weight excluding hydrogens is 304 g/mol. The van der Waals surface area contributed by atoms with Crippen molar-refractivity contribution in [2.75, 3.05) is 0 Å². The maximum atomic E-state index is 12.3. The molecule has 1 N–H and O–H groups in total.